The number of amides is 1. The van der Waals surface area contributed by atoms with Gasteiger partial charge in [0.15, 0.2) is 0 Å². The molecule has 24 heavy (non-hydrogen) atoms. The number of hydrogen-bond donors (Lipinski definition) is 1. The predicted octanol–water partition coefficient (Wildman–Crippen LogP) is 2.78. The summed E-state index contributed by atoms with van der Waals surface area (Å²) < 4.78 is 15.8. The summed E-state index contributed by atoms with van der Waals surface area (Å²) in [5.74, 6) is 1.09. The molecule has 1 aromatic carbocycles. The number of nitrogens with zero attached hydrogens (tertiary/aromatic N) is 1. The first-order chi connectivity index (χ1) is 11.8. The first kappa shape index (κ1) is 16.1. The van der Waals surface area contributed by atoms with Gasteiger partial charge in [-0.1, -0.05) is 0 Å². The molecule has 0 spiro atoms. The van der Waals surface area contributed by atoms with Gasteiger partial charge in [-0.15, -0.1) is 0 Å². The third-order valence-electron chi connectivity index (χ3n) is 3.76. The lowest BCUT2D eigenvalue weighted by atomic mass is 10.2. The lowest BCUT2D eigenvalue weighted by Gasteiger charge is -2.30. The summed E-state index contributed by atoms with van der Waals surface area (Å²) in [5, 5.41) is 2.92. The number of rotatable bonds is 5. The molecule has 1 fully saturated rings. The van der Waals surface area contributed by atoms with E-state index in [0.717, 1.165) is 18.8 Å². The molecule has 1 aromatic heterocycles. The molecule has 0 unspecified atom stereocenters. The van der Waals surface area contributed by atoms with Crippen LogP contribution in [0, 0.1) is 0 Å². The summed E-state index contributed by atoms with van der Waals surface area (Å²) in [7, 11) is 1.60. The fourth-order valence-corrected chi connectivity index (χ4v) is 2.54. The van der Waals surface area contributed by atoms with E-state index in [9.17, 15) is 4.79 Å². The third-order valence-corrected chi connectivity index (χ3v) is 3.76. The number of methoxy groups -OCH3 is 1. The monoisotopic (exact) mass is 328 g/mol. The Morgan fingerprint density at radius 2 is 2.12 bits per heavy atom. The Labute approximate surface area is 140 Å². The summed E-state index contributed by atoms with van der Waals surface area (Å²) in [5.41, 5.74) is 1.67. The average Bonchev–Trinajstić information content (AvgIpc) is 3.14. The van der Waals surface area contributed by atoms with E-state index in [1.807, 2.05) is 18.2 Å². The number of hydrogen-bond acceptors (Lipinski definition) is 5. The van der Waals surface area contributed by atoms with E-state index in [4.69, 9.17) is 13.9 Å². The Morgan fingerprint density at radius 3 is 2.83 bits per heavy atom. The van der Waals surface area contributed by atoms with Crippen molar-refractivity contribution < 1.29 is 18.7 Å². The van der Waals surface area contributed by atoms with E-state index in [0.29, 0.717) is 30.4 Å². The Kier molecular flexibility index (Phi) is 5.18. The maximum atomic E-state index is 12.2. The summed E-state index contributed by atoms with van der Waals surface area (Å²) in [6, 6.07) is 9.23. The lowest BCUT2D eigenvalue weighted by molar-refractivity contribution is -0.111. The summed E-state index contributed by atoms with van der Waals surface area (Å²) >= 11 is 0. The molecular formula is C18H20N2O4. The van der Waals surface area contributed by atoms with Crippen LogP contribution in [0.15, 0.2) is 47.1 Å². The molecule has 0 aliphatic carbocycles. The number of furan rings is 1. The van der Waals surface area contributed by atoms with E-state index in [-0.39, 0.29) is 5.91 Å². The van der Waals surface area contributed by atoms with Crippen molar-refractivity contribution in [3.05, 3.63) is 48.4 Å². The van der Waals surface area contributed by atoms with Crippen molar-refractivity contribution in [1.29, 1.82) is 0 Å². The standard InChI is InChI=1S/C18H20N2O4/c1-22-15-4-6-17(20-8-11-23-12-9-20)16(13-15)19-18(21)7-5-14-3-2-10-24-14/h2-7,10,13H,8-9,11-12H2,1H3,(H,19,21)/b7-5+. The zero-order valence-electron chi connectivity index (χ0n) is 13.5. The van der Waals surface area contributed by atoms with Crippen molar-refractivity contribution in [3.63, 3.8) is 0 Å². The van der Waals surface area contributed by atoms with Crippen molar-refractivity contribution in [2.24, 2.45) is 0 Å². The smallest absolute Gasteiger partial charge is 0.248 e. The molecule has 126 valence electrons. The van der Waals surface area contributed by atoms with Gasteiger partial charge in [0.05, 0.1) is 38.0 Å². The van der Waals surface area contributed by atoms with Gasteiger partial charge in [0.2, 0.25) is 5.91 Å². The molecule has 6 nitrogen and oxygen atoms in total. The minimum Gasteiger partial charge on any atom is -0.497 e. The first-order valence-electron chi connectivity index (χ1n) is 7.79. The van der Waals surface area contributed by atoms with Gasteiger partial charge in [0.1, 0.15) is 11.5 Å². The lowest BCUT2D eigenvalue weighted by Crippen LogP contribution is -2.36. The zero-order valence-corrected chi connectivity index (χ0v) is 13.5. The number of benzene rings is 1. The second-order valence-electron chi connectivity index (χ2n) is 5.32. The number of carbonyl (C=O) groups is 1. The van der Waals surface area contributed by atoms with Crippen molar-refractivity contribution >= 4 is 23.4 Å². The van der Waals surface area contributed by atoms with Crippen LogP contribution in [-0.4, -0.2) is 39.3 Å². The van der Waals surface area contributed by atoms with Crippen LogP contribution in [0.2, 0.25) is 0 Å². The SMILES string of the molecule is COc1ccc(N2CCOCC2)c(NC(=O)/C=C/c2ccco2)c1. The van der Waals surface area contributed by atoms with Gasteiger partial charge in [-0.05, 0) is 30.3 Å². The first-order valence-corrected chi connectivity index (χ1v) is 7.79. The molecule has 0 bridgehead atoms. The van der Waals surface area contributed by atoms with Crippen molar-refractivity contribution in [1.82, 2.24) is 0 Å². The number of carbonyl (C=O) groups excluding carboxylic acids is 1. The van der Waals surface area contributed by atoms with Crippen LogP contribution in [0.1, 0.15) is 5.76 Å². The van der Waals surface area contributed by atoms with Crippen LogP contribution in [0.3, 0.4) is 0 Å². The highest BCUT2D eigenvalue weighted by molar-refractivity contribution is 6.03. The molecule has 1 saturated heterocycles. The van der Waals surface area contributed by atoms with Gasteiger partial charge in [-0.25, -0.2) is 0 Å². The Morgan fingerprint density at radius 1 is 1.29 bits per heavy atom. The summed E-state index contributed by atoms with van der Waals surface area (Å²) in [4.78, 5) is 14.4. The number of nitrogens with one attached hydrogen (secondary N) is 1. The fraction of sp³-hybridized carbons (Fsp3) is 0.278. The van der Waals surface area contributed by atoms with Crippen molar-refractivity contribution in [2.45, 2.75) is 0 Å². The molecule has 2 aromatic rings. The molecule has 0 radical (unpaired) electrons. The summed E-state index contributed by atoms with van der Waals surface area (Å²) in [6.07, 6.45) is 4.64. The average molecular weight is 328 g/mol. The second-order valence-corrected chi connectivity index (χ2v) is 5.32. The maximum absolute atomic E-state index is 12.2. The van der Waals surface area contributed by atoms with E-state index in [1.165, 1.54) is 6.08 Å². The Hall–Kier alpha value is -2.73. The molecule has 2 heterocycles. The van der Waals surface area contributed by atoms with Crippen LogP contribution in [0.5, 0.6) is 5.75 Å². The molecule has 3 rings (SSSR count). The molecule has 1 aliphatic heterocycles. The molecule has 1 aliphatic rings. The minimum atomic E-state index is -0.228. The van der Waals surface area contributed by atoms with Gasteiger partial charge in [0, 0.05) is 25.2 Å². The number of morpholine rings is 1. The van der Waals surface area contributed by atoms with Gasteiger partial charge >= 0.3 is 0 Å². The van der Waals surface area contributed by atoms with Gasteiger partial charge < -0.3 is 24.1 Å². The van der Waals surface area contributed by atoms with Gasteiger partial charge in [-0.3, -0.25) is 4.79 Å². The van der Waals surface area contributed by atoms with Crippen LogP contribution in [0.4, 0.5) is 11.4 Å². The van der Waals surface area contributed by atoms with Crippen LogP contribution >= 0.6 is 0 Å². The Bertz CT molecular complexity index is 704. The molecule has 1 amide bonds. The zero-order chi connectivity index (χ0) is 16.8. The van der Waals surface area contributed by atoms with Crippen molar-refractivity contribution in [3.8, 4) is 5.75 Å². The molecule has 0 atom stereocenters. The minimum absolute atomic E-state index is 0.228. The topological polar surface area (TPSA) is 63.9 Å². The highest BCUT2D eigenvalue weighted by Gasteiger charge is 2.16. The molecule has 6 heteroatoms. The van der Waals surface area contributed by atoms with E-state index in [2.05, 4.69) is 10.2 Å². The molecule has 0 saturated carbocycles. The number of ether oxygens (including phenoxy) is 2. The highest BCUT2D eigenvalue weighted by atomic mass is 16.5. The van der Waals surface area contributed by atoms with Gasteiger partial charge in [-0.2, -0.15) is 0 Å². The van der Waals surface area contributed by atoms with Crippen LogP contribution < -0.4 is 15.0 Å². The van der Waals surface area contributed by atoms with E-state index >= 15 is 0 Å². The fourth-order valence-electron chi connectivity index (χ4n) is 2.54. The van der Waals surface area contributed by atoms with E-state index in [1.54, 1.807) is 31.6 Å². The molecule has 1 N–H and O–H groups in total. The third kappa shape index (κ3) is 3.97. The summed E-state index contributed by atoms with van der Waals surface area (Å²) in [6.45, 7) is 2.94. The van der Waals surface area contributed by atoms with E-state index < -0.39 is 0 Å². The van der Waals surface area contributed by atoms with Crippen LogP contribution in [-0.2, 0) is 9.53 Å². The normalized spacial score (nSPS) is 14.8. The second kappa shape index (κ2) is 7.70. The number of anilines is 2. The van der Waals surface area contributed by atoms with Crippen LogP contribution in [0.25, 0.3) is 6.08 Å². The largest absolute Gasteiger partial charge is 0.497 e. The highest BCUT2D eigenvalue weighted by Crippen LogP contribution is 2.31. The maximum Gasteiger partial charge on any atom is 0.248 e. The quantitative estimate of drug-likeness (QED) is 0.855. The molecular weight excluding hydrogens is 308 g/mol. The Balaban J connectivity index is 1.78. The van der Waals surface area contributed by atoms with Gasteiger partial charge in [0.25, 0.3) is 0 Å². The predicted molar refractivity (Wildman–Crippen MR) is 92.4 cm³/mol. The van der Waals surface area contributed by atoms with Crippen molar-refractivity contribution in [2.75, 3.05) is 43.6 Å².